The number of aromatic nitrogens is 2. The zero-order valence-electron chi connectivity index (χ0n) is 14.9. The number of fused-ring (bicyclic) bond motifs is 1. The maximum atomic E-state index is 10.9. The van der Waals surface area contributed by atoms with Crippen molar-refractivity contribution in [1.82, 2.24) is 9.55 Å². The van der Waals surface area contributed by atoms with Crippen molar-refractivity contribution in [3.8, 4) is 17.4 Å². The van der Waals surface area contributed by atoms with E-state index in [1.165, 1.54) is 18.2 Å². The Morgan fingerprint density at radius 3 is 2.86 bits per heavy atom. The van der Waals surface area contributed by atoms with Crippen LogP contribution in [0.15, 0.2) is 70.9 Å². The third-order valence-corrected chi connectivity index (χ3v) is 4.70. The fourth-order valence-electron chi connectivity index (χ4n) is 3.00. The van der Waals surface area contributed by atoms with Crippen molar-refractivity contribution in [3.05, 3.63) is 87.4 Å². The summed E-state index contributed by atoms with van der Waals surface area (Å²) in [6, 6.07) is 17.5. The molecule has 0 saturated heterocycles. The number of allylic oxidation sites excluding steroid dienone is 1. The Labute approximate surface area is 170 Å². The molecule has 0 fully saturated rings. The lowest BCUT2D eigenvalue weighted by Gasteiger charge is -2.03. The van der Waals surface area contributed by atoms with Crippen LogP contribution in [0.2, 0.25) is 5.02 Å². The summed E-state index contributed by atoms with van der Waals surface area (Å²) in [5, 5.41) is 20.6. The van der Waals surface area contributed by atoms with Crippen molar-refractivity contribution in [2.24, 2.45) is 0 Å². The number of furan rings is 1. The van der Waals surface area contributed by atoms with Crippen LogP contribution in [0.4, 0.5) is 5.69 Å². The van der Waals surface area contributed by atoms with Crippen LogP contribution in [-0.2, 0) is 6.54 Å². The minimum atomic E-state index is -0.509. The fraction of sp³-hybridized carbons (Fsp3) is 0.0476. The van der Waals surface area contributed by atoms with Gasteiger partial charge in [-0.3, -0.25) is 10.1 Å². The van der Waals surface area contributed by atoms with Gasteiger partial charge in [-0.05, 0) is 36.4 Å². The Balaban J connectivity index is 1.61. The number of nitro groups is 1. The molecule has 0 spiro atoms. The number of non-ortho nitro benzene ring substituents is 1. The van der Waals surface area contributed by atoms with Crippen molar-refractivity contribution in [3.63, 3.8) is 0 Å². The average molecular weight is 405 g/mol. The number of imidazole rings is 1. The highest BCUT2D eigenvalue weighted by Gasteiger charge is 2.13. The lowest BCUT2D eigenvalue weighted by Crippen LogP contribution is -1.98. The Hall–Kier alpha value is -3.89. The van der Waals surface area contributed by atoms with Crippen molar-refractivity contribution >= 4 is 34.4 Å². The number of hydrogen-bond donors (Lipinski definition) is 0. The molecule has 4 rings (SSSR count). The van der Waals surface area contributed by atoms with Gasteiger partial charge in [0.05, 0.1) is 45.5 Å². The van der Waals surface area contributed by atoms with Crippen molar-refractivity contribution in [2.45, 2.75) is 6.54 Å². The molecule has 29 heavy (non-hydrogen) atoms. The number of hydrogen-bond acceptors (Lipinski definition) is 5. The number of para-hydroxylation sites is 2. The van der Waals surface area contributed by atoms with Crippen molar-refractivity contribution in [2.75, 3.05) is 0 Å². The molecule has 142 valence electrons. The second-order valence-electron chi connectivity index (χ2n) is 6.27. The van der Waals surface area contributed by atoms with Crippen LogP contribution >= 0.6 is 11.6 Å². The monoisotopic (exact) mass is 404 g/mol. The van der Waals surface area contributed by atoms with Crippen LogP contribution in [0.3, 0.4) is 0 Å². The van der Waals surface area contributed by atoms with Gasteiger partial charge in [0.15, 0.2) is 0 Å². The van der Waals surface area contributed by atoms with Gasteiger partial charge >= 0.3 is 0 Å². The first kappa shape index (κ1) is 18.5. The van der Waals surface area contributed by atoms with Crippen LogP contribution < -0.4 is 0 Å². The number of rotatable bonds is 5. The molecule has 0 aliphatic heterocycles. The third kappa shape index (κ3) is 3.74. The smallest absolute Gasteiger partial charge is 0.270 e. The fourth-order valence-corrected chi connectivity index (χ4v) is 3.27. The number of nitrogens with zero attached hydrogens (tertiary/aromatic N) is 4. The second kappa shape index (κ2) is 7.62. The van der Waals surface area contributed by atoms with E-state index in [1.807, 2.05) is 28.8 Å². The van der Waals surface area contributed by atoms with Gasteiger partial charge in [0, 0.05) is 17.7 Å². The molecule has 0 aliphatic carbocycles. The van der Waals surface area contributed by atoms with E-state index in [0.29, 0.717) is 29.2 Å². The highest BCUT2D eigenvalue weighted by molar-refractivity contribution is 6.33. The van der Waals surface area contributed by atoms with Crippen molar-refractivity contribution in [1.29, 1.82) is 5.26 Å². The molecule has 8 heteroatoms. The summed E-state index contributed by atoms with van der Waals surface area (Å²) in [4.78, 5) is 14.7. The molecule has 0 unspecified atom stereocenters. The topological polar surface area (TPSA) is 97.9 Å². The first-order valence-electron chi connectivity index (χ1n) is 8.60. The predicted molar refractivity (Wildman–Crippen MR) is 109 cm³/mol. The number of nitro benzene ring substituents is 1. The standard InChI is InChI=1S/C21H13ClN4O3/c22-18-10-15(26(27)28)5-7-17(18)21-8-6-16(29-21)9-14(11-23)12-25-13-24-19-3-1-2-4-20(19)25/h1-10,13H,12H2/b14-9-. The Bertz CT molecular complexity index is 1300. The summed E-state index contributed by atoms with van der Waals surface area (Å²) in [6.45, 7) is 0.353. The van der Waals surface area contributed by atoms with Crippen LogP contribution in [0, 0.1) is 21.4 Å². The van der Waals surface area contributed by atoms with Gasteiger partial charge in [-0.2, -0.15) is 5.26 Å². The van der Waals surface area contributed by atoms with Crippen LogP contribution in [0.5, 0.6) is 0 Å². The molecule has 0 amide bonds. The summed E-state index contributed by atoms with van der Waals surface area (Å²) in [5.41, 5.74) is 2.73. The maximum Gasteiger partial charge on any atom is 0.270 e. The van der Waals surface area contributed by atoms with Gasteiger partial charge < -0.3 is 8.98 Å². The highest BCUT2D eigenvalue weighted by Crippen LogP contribution is 2.32. The molecule has 0 radical (unpaired) electrons. The highest BCUT2D eigenvalue weighted by atomic mass is 35.5. The molecular weight excluding hydrogens is 392 g/mol. The molecule has 0 N–H and O–H groups in total. The van der Waals surface area contributed by atoms with E-state index in [4.69, 9.17) is 16.0 Å². The molecule has 2 heterocycles. The third-order valence-electron chi connectivity index (χ3n) is 4.38. The quantitative estimate of drug-likeness (QED) is 0.249. The average Bonchev–Trinajstić information content (AvgIpc) is 3.34. The van der Waals surface area contributed by atoms with Gasteiger partial charge in [0.2, 0.25) is 0 Å². The summed E-state index contributed by atoms with van der Waals surface area (Å²) in [7, 11) is 0. The molecule has 0 atom stereocenters. The molecule has 2 aromatic carbocycles. The van der Waals surface area contributed by atoms with E-state index in [1.54, 1.807) is 24.5 Å². The van der Waals surface area contributed by atoms with Gasteiger partial charge in [0.25, 0.3) is 5.69 Å². The molecule has 2 aromatic heterocycles. The van der Waals surface area contributed by atoms with E-state index in [-0.39, 0.29) is 10.7 Å². The molecular formula is C21H13ClN4O3. The zero-order chi connectivity index (χ0) is 20.4. The lowest BCUT2D eigenvalue weighted by atomic mass is 10.1. The number of benzene rings is 2. The minimum absolute atomic E-state index is 0.0928. The molecule has 0 saturated carbocycles. The van der Waals surface area contributed by atoms with Crippen LogP contribution in [-0.4, -0.2) is 14.5 Å². The van der Waals surface area contributed by atoms with E-state index in [9.17, 15) is 15.4 Å². The second-order valence-corrected chi connectivity index (χ2v) is 6.67. The van der Waals surface area contributed by atoms with Gasteiger partial charge in [-0.1, -0.05) is 23.7 Å². The Morgan fingerprint density at radius 2 is 2.10 bits per heavy atom. The SMILES string of the molecule is N#C/C(=C/c1ccc(-c2ccc([N+](=O)[O-])cc2Cl)o1)Cn1cnc2ccccc21. The summed E-state index contributed by atoms with van der Waals surface area (Å²) in [6.07, 6.45) is 3.34. The van der Waals surface area contributed by atoms with E-state index in [2.05, 4.69) is 11.1 Å². The van der Waals surface area contributed by atoms with Gasteiger partial charge in [-0.15, -0.1) is 0 Å². The normalized spacial score (nSPS) is 11.5. The molecule has 4 aromatic rings. The number of nitriles is 1. The first-order valence-corrected chi connectivity index (χ1v) is 8.97. The van der Waals surface area contributed by atoms with Gasteiger partial charge in [-0.25, -0.2) is 4.98 Å². The van der Waals surface area contributed by atoms with E-state index in [0.717, 1.165) is 11.0 Å². The Morgan fingerprint density at radius 1 is 1.28 bits per heavy atom. The molecule has 0 bridgehead atoms. The van der Waals surface area contributed by atoms with Gasteiger partial charge in [0.1, 0.15) is 11.5 Å². The molecule has 0 aliphatic rings. The van der Waals surface area contributed by atoms with Crippen molar-refractivity contribution < 1.29 is 9.34 Å². The predicted octanol–water partition coefficient (Wildman–Crippen LogP) is 5.47. The Kier molecular flexibility index (Phi) is 4.85. The van der Waals surface area contributed by atoms with Crippen LogP contribution in [0.25, 0.3) is 28.4 Å². The van der Waals surface area contributed by atoms with E-state index >= 15 is 0 Å². The van der Waals surface area contributed by atoms with Crippen LogP contribution in [0.1, 0.15) is 5.76 Å². The molecule has 7 nitrogen and oxygen atoms in total. The number of halogens is 1. The maximum absolute atomic E-state index is 10.9. The zero-order valence-corrected chi connectivity index (χ0v) is 15.7. The summed E-state index contributed by atoms with van der Waals surface area (Å²) < 4.78 is 7.67. The lowest BCUT2D eigenvalue weighted by molar-refractivity contribution is -0.384. The summed E-state index contributed by atoms with van der Waals surface area (Å²) >= 11 is 6.16. The minimum Gasteiger partial charge on any atom is -0.457 e. The largest absolute Gasteiger partial charge is 0.457 e. The first-order chi connectivity index (χ1) is 14.0. The van der Waals surface area contributed by atoms with E-state index < -0.39 is 4.92 Å². The summed E-state index contributed by atoms with van der Waals surface area (Å²) in [5.74, 6) is 0.942.